The molecule has 0 amide bonds. The third-order valence-corrected chi connectivity index (χ3v) is 5.15. The molecule has 124 valence electrons. The van der Waals surface area contributed by atoms with E-state index in [1.54, 1.807) is 6.07 Å². The van der Waals surface area contributed by atoms with Crippen LogP contribution in [-0.4, -0.2) is 41.7 Å². The molecule has 2 aliphatic heterocycles. The Morgan fingerprint density at radius 2 is 1.88 bits per heavy atom. The number of benzene rings is 1. The monoisotopic (exact) mass is 323 g/mol. The Hall–Kier alpha value is -2.56. The van der Waals surface area contributed by atoms with Gasteiger partial charge in [0, 0.05) is 37.6 Å². The molecule has 5 nitrogen and oxygen atoms in total. The van der Waals surface area contributed by atoms with Crippen LogP contribution >= 0.6 is 0 Å². The van der Waals surface area contributed by atoms with Crippen LogP contribution in [0.4, 0.5) is 11.5 Å². The molecule has 24 heavy (non-hydrogen) atoms. The van der Waals surface area contributed by atoms with E-state index in [2.05, 4.69) is 39.0 Å². The largest absolute Gasteiger partial charge is 0.478 e. The van der Waals surface area contributed by atoms with Gasteiger partial charge in [-0.05, 0) is 43.0 Å². The van der Waals surface area contributed by atoms with Gasteiger partial charge < -0.3 is 14.9 Å². The Labute approximate surface area is 141 Å². The minimum absolute atomic E-state index is 0.238. The third-order valence-electron chi connectivity index (χ3n) is 5.15. The van der Waals surface area contributed by atoms with E-state index in [9.17, 15) is 4.79 Å². The van der Waals surface area contributed by atoms with Gasteiger partial charge in [-0.15, -0.1) is 0 Å². The molecular weight excluding hydrogens is 302 g/mol. The number of carbonyl (C=O) groups is 1. The topological polar surface area (TPSA) is 56.7 Å². The molecule has 0 radical (unpaired) electrons. The van der Waals surface area contributed by atoms with Crippen LogP contribution in [0.3, 0.4) is 0 Å². The van der Waals surface area contributed by atoms with Crippen molar-refractivity contribution in [2.75, 3.05) is 29.4 Å². The fourth-order valence-corrected chi connectivity index (χ4v) is 3.85. The molecule has 1 aromatic heterocycles. The number of hydrogen-bond acceptors (Lipinski definition) is 4. The zero-order chi connectivity index (χ0) is 16.5. The molecule has 1 fully saturated rings. The summed E-state index contributed by atoms with van der Waals surface area (Å²) in [5, 5.41) is 8.96. The SMILES string of the molecule is O=C(O)c1ccc(N2CCC(N3CCc4ccccc43)CC2)nc1. The Balaban J connectivity index is 1.41. The summed E-state index contributed by atoms with van der Waals surface area (Å²) in [4.78, 5) is 20.1. The van der Waals surface area contributed by atoms with Crippen LogP contribution in [-0.2, 0) is 6.42 Å². The molecule has 1 saturated heterocycles. The molecule has 0 aliphatic carbocycles. The quantitative estimate of drug-likeness (QED) is 0.941. The number of piperidine rings is 1. The number of para-hydroxylation sites is 1. The predicted molar refractivity (Wildman–Crippen MR) is 93.9 cm³/mol. The van der Waals surface area contributed by atoms with Gasteiger partial charge in [0.25, 0.3) is 0 Å². The number of fused-ring (bicyclic) bond motifs is 1. The maximum absolute atomic E-state index is 10.9. The van der Waals surface area contributed by atoms with Crippen molar-refractivity contribution < 1.29 is 9.90 Å². The van der Waals surface area contributed by atoms with E-state index >= 15 is 0 Å². The number of carboxylic acids is 1. The molecule has 2 aromatic rings. The fraction of sp³-hybridized carbons (Fsp3) is 0.368. The molecule has 1 aromatic carbocycles. The van der Waals surface area contributed by atoms with Crippen LogP contribution in [0, 0.1) is 0 Å². The predicted octanol–water partition coefficient (Wildman–Crippen LogP) is 2.81. The van der Waals surface area contributed by atoms with Crippen LogP contribution < -0.4 is 9.80 Å². The number of rotatable bonds is 3. The third kappa shape index (κ3) is 2.70. The number of hydrogen-bond donors (Lipinski definition) is 1. The molecule has 0 spiro atoms. The number of anilines is 2. The summed E-state index contributed by atoms with van der Waals surface area (Å²) in [6.45, 7) is 3.04. The molecule has 3 heterocycles. The highest BCUT2D eigenvalue weighted by Gasteiger charge is 2.29. The standard InChI is InChI=1S/C19H21N3O2/c23-19(24)15-5-6-18(20-13-15)21-10-8-16(9-11-21)22-12-7-14-3-1-2-4-17(14)22/h1-6,13,16H,7-12H2,(H,23,24). The minimum Gasteiger partial charge on any atom is -0.478 e. The summed E-state index contributed by atoms with van der Waals surface area (Å²) in [6.07, 6.45) is 4.81. The number of aromatic nitrogens is 1. The lowest BCUT2D eigenvalue weighted by Gasteiger charge is -2.38. The highest BCUT2D eigenvalue weighted by molar-refractivity contribution is 5.87. The molecule has 4 rings (SSSR count). The van der Waals surface area contributed by atoms with Gasteiger partial charge in [0.05, 0.1) is 5.56 Å². The Morgan fingerprint density at radius 3 is 2.58 bits per heavy atom. The highest BCUT2D eigenvalue weighted by Crippen LogP contribution is 2.32. The molecular formula is C19H21N3O2. The number of pyridine rings is 1. The molecule has 0 atom stereocenters. The van der Waals surface area contributed by atoms with Crippen molar-refractivity contribution in [1.29, 1.82) is 0 Å². The Kier molecular flexibility index (Phi) is 3.84. The maximum Gasteiger partial charge on any atom is 0.337 e. The van der Waals surface area contributed by atoms with E-state index < -0.39 is 5.97 Å². The highest BCUT2D eigenvalue weighted by atomic mass is 16.4. The number of aromatic carboxylic acids is 1. The van der Waals surface area contributed by atoms with E-state index in [0.29, 0.717) is 6.04 Å². The first-order chi connectivity index (χ1) is 11.7. The van der Waals surface area contributed by atoms with Gasteiger partial charge in [-0.1, -0.05) is 18.2 Å². The van der Waals surface area contributed by atoms with Gasteiger partial charge in [0.1, 0.15) is 5.82 Å². The van der Waals surface area contributed by atoms with Gasteiger partial charge in [-0.3, -0.25) is 0 Å². The van der Waals surface area contributed by atoms with E-state index in [0.717, 1.165) is 44.7 Å². The van der Waals surface area contributed by atoms with Crippen LogP contribution in [0.1, 0.15) is 28.8 Å². The zero-order valence-electron chi connectivity index (χ0n) is 13.6. The lowest BCUT2D eigenvalue weighted by molar-refractivity contribution is 0.0696. The minimum atomic E-state index is -0.930. The second kappa shape index (κ2) is 6.15. The number of nitrogens with zero attached hydrogens (tertiary/aromatic N) is 3. The van der Waals surface area contributed by atoms with Crippen molar-refractivity contribution in [2.45, 2.75) is 25.3 Å². The summed E-state index contributed by atoms with van der Waals surface area (Å²) in [5.41, 5.74) is 3.10. The second-order valence-electron chi connectivity index (χ2n) is 6.50. The lowest BCUT2D eigenvalue weighted by Crippen LogP contribution is -2.44. The van der Waals surface area contributed by atoms with Crippen molar-refractivity contribution in [1.82, 2.24) is 4.98 Å². The molecule has 1 N–H and O–H groups in total. The average Bonchev–Trinajstić information content (AvgIpc) is 3.06. The molecule has 2 aliphatic rings. The molecule has 0 saturated carbocycles. The van der Waals surface area contributed by atoms with Crippen molar-refractivity contribution in [3.63, 3.8) is 0 Å². The first-order valence-corrected chi connectivity index (χ1v) is 8.51. The van der Waals surface area contributed by atoms with Crippen LogP contribution in [0.5, 0.6) is 0 Å². The first-order valence-electron chi connectivity index (χ1n) is 8.51. The smallest absolute Gasteiger partial charge is 0.337 e. The maximum atomic E-state index is 10.9. The van der Waals surface area contributed by atoms with Crippen molar-refractivity contribution in [2.24, 2.45) is 0 Å². The van der Waals surface area contributed by atoms with Crippen molar-refractivity contribution >= 4 is 17.5 Å². The summed E-state index contributed by atoms with van der Waals surface area (Å²) in [5.74, 6) is -0.0549. The fourth-order valence-electron chi connectivity index (χ4n) is 3.85. The number of carboxylic acid groups (broad SMARTS) is 1. The van der Waals surface area contributed by atoms with E-state index in [1.165, 1.54) is 17.4 Å². The second-order valence-corrected chi connectivity index (χ2v) is 6.50. The summed E-state index contributed by atoms with van der Waals surface area (Å²) < 4.78 is 0. The summed E-state index contributed by atoms with van der Waals surface area (Å²) in [7, 11) is 0. The van der Waals surface area contributed by atoms with E-state index in [1.807, 2.05) is 6.07 Å². The van der Waals surface area contributed by atoms with E-state index in [4.69, 9.17) is 5.11 Å². The van der Waals surface area contributed by atoms with Gasteiger partial charge in [-0.2, -0.15) is 0 Å². The normalized spacial score (nSPS) is 17.8. The van der Waals surface area contributed by atoms with E-state index in [-0.39, 0.29) is 5.56 Å². The molecule has 5 heteroatoms. The Morgan fingerprint density at radius 1 is 1.08 bits per heavy atom. The summed E-state index contributed by atoms with van der Waals surface area (Å²) >= 11 is 0. The molecule has 0 unspecified atom stereocenters. The van der Waals surface area contributed by atoms with Crippen molar-refractivity contribution in [3.05, 3.63) is 53.7 Å². The first kappa shape index (κ1) is 15.0. The molecule has 0 bridgehead atoms. The van der Waals surface area contributed by atoms with Gasteiger partial charge >= 0.3 is 5.97 Å². The lowest BCUT2D eigenvalue weighted by atomic mass is 10.0. The van der Waals surface area contributed by atoms with Gasteiger partial charge in [0.15, 0.2) is 0 Å². The van der Waals surface area contributed by atoms with Crippen LogP contribution in [0.15, 0.2) is 42.6 Å². The van der Waals surface area contributed by atoms with Crippen molar-refractivity contribution in [3.8, 4) is 0 Å². The van der Waals surface area contributed by atoms with Crippen LogP contribution in [0.25, 0.3) is 0 Å². The Bertz CT molecular complexity index is 737. The summed E-state index contributed by atoms with van der Waals surface area (Å²) in [6, 6.07) is 12.8. The van der Waals surface area contributed by atoms with Crippen LogP contribution in [0.2, 0.25) is 0 Å². The van der Waals surface area contributed by atoms with Gasteiger partial charge in [0.2, 0.25) is 0 Å². The zero-order valence-corrected chi connectivity index (χ0v) is 13.6. The van der Waals surface area contributed by atoms with Gasteiger partial charge in [-0.25, -0.2) is 9.78 Å². The average molecular weight is 323 g/mol.